The molecule has 0 saturated carbocycles. The molecule has 2 aromatic heterocycles. The number of halogens is 3. The molecule has 0 spiro atoms. The number of carbonyl (C=O) groups is 1. The van der Waals surface area contributed by atoms with Crippen LogP contribution in [-0.4, -0.2) is 94.9 Å². The summed E-state index contributed by atoms with van der Waals surface area (Å²) in [6, 6.07) is 10.0. The van der Waals surface area contributed by atoms with Gasteiger partial charge in [0.15, 0.2) is 29.6 Å². The summed E-state index contributed by atoms with van der Waals surface area (Å²) in [4.78, 5) is 28.6. The zero-order chi connectivity index (χ0) is 30.5. The number of nitrogens with zero attached hydrogens (tertiary/aromatic N) is 7. The molecule has 1 N–H and O–H groups in total. The van der Waals surface area contributed by atoms with Gasteiger partial charge in [-0.25, -0.2) is 14.4 Å². The van der Waals surface area contributed by atoms with E-state index in [0.717, 1.165) is 32.6 Å². The number of carbonyl (C=O) groups excluding carboxylic acids is 1. The fraction of sp³-hybridized carbons (Fsp3) is 0.333. The maximum absolute atomic E-state index is 14.8. The Bertz CT molecular complexity index is 1660. The molecule has 4 aromatic rings. The minimum Gasteiger partial charge on any atom is -0.476 e. The smallest absolute Gasteiger partial charge is 0.255 e. The molecular weight excluding hydrogens is 594 g/mol. The Hall–Kier alpha value is -3.95. The summed E-state index contributed by atoms with van der Waals surface area (Å²) in [5.74, 6) is -0.525. The van der Waals surface area contributed by atoms with Gasteiger partial charge in [0.05, 0.1) is 27.5 Å². The number of anilines is 2. The number of benzene rings is 2. The molecule has 43 heavy (non-hydrogen) atoms. The zero-order valence-corrected chi connectivity index (χ0v) is 25.4. The lowest BCUT2D eigenvalue weighted by Crippen LogP contribution is -2.49. The fourth-order valence-corrected chi connectivity index (χ4v) is 5.53. The van der Waals surface area contributed by atoms with Crippen LogP contribution in [0.4, 0.5) is 15.9 Å². The van der Waals surface area contributed by atoms with Crippen LogP contribution in [0.5, 0.6) is 5.75 Å². The Kier molecular flexibility index (Phi) is 9.62. The highest BCUT2D eigenvalue weighted by Crippen LogP contribution is 2.36. The molecule has 1 aliphatic rings. The number of rotatable bonds is 10. The van der Waals surface area contributed by atoms with Crippen LogP contribution in [0, 0.1) is 17.1 Å². The predicted octanol–water partition coefficient (Wildman–Crippen LogP) is 5.20. The number of nitriles is 1. The predicted molar refractivity (Wildman–Crippen MR) is 165 cm³/mol. The van der Waals surface area contributed by atoms with Crippen LogP contribution in [-0.2, 0) is 0 Å². The van der Waals surface area contributed by atoms with Crippen LogP contribution in [0.15, 0.2) is 48.9 Å². The van der Waals surface area contributed by atoms with E-state index in [-0.39, 0.29) is 23.3 Å². The van der Waals surface area contributed by atoms with E-state index in [1.54, 1.807) is 53.3 Å². The Morgan fingerprint density at radius 2 is 1.95 bits per heavy atom. The summed E-state index contributed by atoms with van der Waals surface area (Å²) in [6.07, 6.45) is 5.93. The minimum absolute atomic E-state index is 0.0873. The van der Waals surface area contributed by atoms with Crippen LogP contribution in [0.1, 0.15) is 16.8 Å². The van der Waals surface area contributed by atoms with Crippen molar-refractivity contribution in [2.45, 2.75) is 6.42 Å². The highest BCUT2D eigenvalue weighted by Gasteiger charge is 2.24. The molecule has 2 aromatic carbocycles. The number of imidazole rings is 1. The highest BCUT2D eigenvalue weighted by molar-refractivity contribution is 6.34. The third kappa shape index (κ3) is 6.84. The summed E-state index contributed by atoms with van der Waals surface area (Å²) < 4.78 is 21.6. The fourth-order valence-electron chi connectivity index (χ4n) is 5.02. The molecule has 1 fully saturated rings. The molecule has 0 bridgehead atoms. The van der Waals surface area contributed by atoms with Gasteiger partial charge < -0.3 is 19.9 Å². The molecule has 1 amide bonds. The number of hydrogen-bond acceptors (Lipinski definition) is 8. The number of fused-ring (bicyclic) bond motifs is 1. The van der Waals surface area contributed by atoms with E-state index in [4.69, 9.17) is 33.2 Å². The van der Waals surface area contributed by atoms with Crippen LogP contribution >= 0.6 is 23.2 Å². The molecular formula is C30H31Cl2FN8O2. The standard InChI is InChI=1S/C30H31Cl2FN8O2/c1-38(2)10-3-11-39-13-15-40(16-14-39)30(42)21-5-4-20(18-23(21)31)37-28-29-36-19-24(41(29)12-9-35-28)22-6-7-25(43-17-8-34)27(33)26(22)32/h4-7,9,12,18-19H,3,10-11,13-17H2,1-2H3,(H,35,37). The van der Waals surface area contributed by atoms with Gasteiger partial charge in [-0.05, 0) is 63.9 Å². The third-order valence-corrected chi connectivity index (χ3v) is 7.93. The van der Waals surface area contributed by atoms with Crippen LogP contribution in [0.25, 0.3) is 16.9 Å². The molecule has 1 saturated heterocycles. The van der Waals surface area contributed by atoms with Crippen molar-refractivity contribution in [3.05, 3.63) is 70.3 Å². The zero-order valence-electron chi connectivity index (χ0n) is 23.9. The summed E-state index contributed by atoms with van der Waals surface area (Å²) >= 11 is 12.9. The lowest BCUT2D eigenvalue weighted by atomic mass is 10.1. The van der Waals surface area contributed by atoms with Crippen molar-refractivity contribution in [1.29, 1.82) is 5.26 Å². The van der Waals surface area contributed by atoms with Gasteiger partial charge >= 0.3 is 0 Å². The Labute approximate surface area is 259 Å². The van der Waals surface area contributed by atoms with Gasteiger partial charge in [-0.3, -0.25) is 14.1 Å². The van der Waals surface area contributed by atoms with Crippen LogP contribution in [0.3, 0.4) is 0 Å². The highest BCUT2D eigenvalue weighted by atomic mass is 35.5. The maximum Gasteiger partial charge on any atom is 0.255 e. The second kappa shape index (κ2) is 13.6. The molecule has 5 rings (SSSR count). The Morgan fingerprint density at radius 3 is 2.67 bits per heavy atom. The van der Waals surface area contributed by atoms with Crippen LogP contribution < -0.4 is 10.1 Å². The first kappa shape index (κ1) is 30.5. The second-order valence-corrected chi connectivity index (χ2v) is 11.2. The minimum atomic E-state index is -0.761. The van der Waals surface area contributed by atoms with E-state index in [1.165, 1.54) is 6.07 Å². The van der Waals surface area contributed by atoms with E-state index in [1.807, 2.05) is 4.90 Å². The number of nitrogens with one attached hydrogen (secondary N) is 1. The SMILES string of the molecule is CN(C)CCCN1CCN(C(=O)c2ccc(Nc3nccn4c(-c5ccc(OCC#N)c(F)c5Cl)cnc34)cc2Cl)CC1. The summed E-state index contributed by atoms with van der Waals surface area (Å²) in [5, 5.41) is 12.1. The largest absolute Gasteiger partial charge is 0.476 e. The van der Waals surface area contributed by atoms with Crippen molar-refractivity contribution < 1.29 is 13.9 Å². The van der Waals surface area contributed by atoms with E-state index in [2.05, 4.69) is 39.2 Å². The van der Waals surface area contributed by atoms with Gasteiger partial charge in [0.2, 0.25) is 0 Å². The Balaban J connectivity index is 1.29. The number of ether oxygens (including phenoxy) is 1. The molecule has 0 aliphatic carbocycles. The lowest BCUT2D eigenvalue weighted by molar-refractivity contribution is 0.0634. The molecule has 0 unspecified atom stereocenters. The number of aromatic nitrogens is 3. The average molecular weight is 626 g/mol. The monoisotopic (exact) mass is 624 g/mol. The van der Waals surface area contributed by atoms with Gasteiger partial charge in [-0.1, -0.05) is 23.2 Å². The third-order valence-electron chi connectivity index (χ3n) is 7.24. The molecule has 0 atom stereocenters. The van der Waals surface area contributed by atoms with E-state index in [0.29, 0.717) is 52.1 Å². The van der Waals surface area contributed by atoms with Crippen molar-refractivity contribution in [2.75, 3.05) is 65.3 Å². The van der Waals surface area contributed by atoms with Crippen molar-refractivity contribution >= 4 is 46.3 Å². The van der Waals surface area contributed by atoms with Gasteiger partial charge in [0, 0.05) is 49.8 Å². The first-order valence-electron chi connectivity index (χ1n) is 13.8. The van der Waals surface area contributed by atoms with Crippen molar-refractivity contribution in [3.63, 3.8) is 0 Å². The first-order valence-corrected chi connectivity index (χ1v) is 14.6. The number of amides is 1. The molecule has 10 nitrogen and oxygen atoms in total. The normalized spacial score (nSPS) is 13.8. The summed E-state index contributed by atoms with van der Waals surface area (Å²) in [7, 11) is 4.15. The number of piperazine rings is 1. The van der Waals surface area contributed by atoms with Gasteiger partial charge in [0.1, 0.15) is 6.07 Å². The first-order chi connectivity index (χ1) is 20.8. The van der Waals surface area contributed by atoms with Gasteiger partial charge in [0.25, 0.3) is 5.91 Å². The molecule has 224 valence electrons. The lowest BCUT2D eigenvalue weighted by Gasteiger charge is -2.35. The van der Waals surface area contributed by atoms with E-state index >= 15 is 0 Å². The molecule has 1 aliphatic heterocycles. The van der Waals surface area contributed by atoms with Crippen molar-refractivity contribution in [1.82, 2.24) is 29.1 Å². The van der Waals surface area contributed by atoms with Gasteiger partial charge in [-0.2, -0.15) is 5.26 Å². The summed E-state index contributed by atoms with van der Waals surface area (Å²) in [6.45, 7) is 4.78. The van der Waals surface area contributed by atoms with Crippen LogP contribution in [0.2, 0.25) is 10.0 Å². The van der Waals surface area contributed by atoms with Gasteiger partial charge in [-0.15, -0.1) is 0 Å². The average Bonchev–Trinajstić information content (AvgIpc) is 3.43. The second-order valence-electron chi connectivity index (χ2n) is 10.4. The molecule has 13 heteroatoms. The van der Waals surface area contributed by atoms with E-state index < -0.39 is 5.82 Å². The quantitative estimate of drug-likeness (QED) is 0.257. The number of hydrogen-bond donors (Lipinski definition) is 1. The van der Waals surface area contributed by atoms with Crippen molar-refractivity contribution in [2.24, 2.45) is 0 Å². The Morgan fingerprint density at radius 1 is 1.16 bits per heavy atom. The van der Waals surface area contributed by atoms with Crippen molar-refractivity contribution in [3.8, 4) is 23.1 Å². The van der Waals surface area contributed by atoms with E-state index in [9.17, 15) is 9.18 Å². The summed E-state index contributed by atoms with van der Waals surface area (Å²) in [5.41, 5.74) is 2.47. The maximum atomic E-state index is 14.8. The topological polar surface area (TPSA) is 102 Å². The molecule has 0 radical (unpaired) electrons. The molecule has 3 heterocycles.